The average Bonchev–Trinajstić information content (AvgIpc) is 2.67. The molecule has 1 saturated heterocycles. The van der Waals surface area contributed by atoms with E-state index in [-0.39, 0.29) is 23.0 Å². The standard InChI is InChI=1S/C17H17ClN6O2S/c18-13-7-12(1-2-14(13)24-3-5-26-6-4-24)22-15(25)10-27-17-21-9-11(8-19)16(20)23-17/h1-2,7,9H,3-6,10H2,(H,22,25)(H2,20,21,23). The normalized spacial score (nSPS) is 13.9. The van der Waals surface area contributed by atoms with Gasteiger partial charge in [0.2, 0.25) is 5.91 Å². The molecular formula is C17H17ClN6O2S. The molecule has 0 spiro atoms. The zero-order chi connectivity index (χ0) is 19.2. The van der Waals surface area contributed by atoms with Crippen LogP contribution < -0.4 is 16.0 Å². The monoisotopic (exact) mass is 404 g/mol. The van der Waals surface area contributed by atoms with Crippen molar-refractivity contribution in [2.24, 2.45) is 0 Å². The number of rotatable bonds is 5. The Morgan fingerprint density at radius 3 is 2.89 bits per heavy atom. The Morgan fingerprint density at radius 2 is 2.22 bits per heavy atom. The zero-order valence-electron chi connectivity index (χ0n) is 14.3. The molecule has 0 aliphatic carbocycles. The van der Waals surface area contributed by atoms with Crippen LogP contribution in [0.2, 0.25) is 5.02 Å². The summed E-state index contributed by atoms with van der Waals surface area (Å²) < 4.78 is 5.34. The Labute approximate surface area is 165 Å². The van der Waals surface area contributed by atoms with E-state index in [0.717, 1.165) is 30.5 Å². The molecule has 27 heavy (non-hydrogen) atoms. The topological polar surface area (TPSA) is 117 Å². The van der Waals surface area contributed by atoms with Gasteiger partial charge in [0.1, 0.15) is 17.5 Å². The van der Waals surface area contributed by atoms with Crippen LogP contribution in [-0.2, 0) is 9.53 Å². The van der Waals surface area contributed by atoms with E-state index in [0.29, 0.717) is 29.1 Å². The van der Waals surface area contributed by atoms with Crippen molar-refractivity contribution in [1.29, 1.82) is 5.26 Å². The predicted octanol–water partition coefficient (Wildman–Crippen LogP) is 2.15. The van der Waals surface area contributed by atoms with Crippen LogP contribution in [0.1, 0.15) is 5.56 Å². The lowest BCUT2D eigenvalue weighted by Gasteiger charge is -2.29. The first-order valence-electron chi connectivity index (χ1n) is 8.14. The Bertz CT molecular complexity index is 882. The van der Waals surface area contributed by atoms with Crippen molar-refractivity contribution >= 4 is 46.5 Å². The number of thioether (sulfide) groups is 1. The van der Waals surface area contributed by atoms with Crippen molar-refractivity contribution < 1.29 is 9.53 Å². The van der Waals surface area contributed by atoms with E-state index < -0.39 is 0 Å². The first-order valence-corrected chi connectivity index (χ1v) is 9.50. The molecule has 1 fully saturated rings. The Hall–Kier alpha value is -2.54. The second-order valence-corrected chi connectivity index (χ2v) is 7.02. The minimum Gasteiger partial charge on any atom is -0.382 e. The molecule has 1 aliphatic heterocycles. The summed E-state index contributed by atoms with van der Waals surface area (Å²) in [4.78, 5) is 22.3. The van der Waals surface area contributed by atoms with Crippen molar-refractivity contribution in [3.8, 4) is 6.07 Å². The summed E-state index contributed by atoms with van der Waals surface area (Å²) in [5.74, 6) is -0.0172. The number of nitrogen functional groups attached to an aromatic ring is 1. The van der Waals surface area contributed by atoms with Crippen LogP contribution in [-0.4, -0.2) is 47.9 Å². The molecule has 2 aromatic rings. The molecule has 8 nitrogen and oxygen atoms in total. The highest BCUT2D eigenvalue weighted by Gasteiger charge is 2.15. The van der Waals surface area contributed by atoms with E-state index in [1.165, 1.54) is 6.20 Å². The van der Waals surface area contributed by atoms with Crippen molar-refractivity contribution in [1.82, 2.24) is 9.97 Å². The number of amides is 1. The zero-order valence-corrected chi connectivity index (χ0v) is 15.9. The van der Waals surface area contributed by atoms with E-state index >= 15 is 0 Å². The number of nitriles is 1. The molecule has 0 unspecified atom stereocenters. The van der Waals surface area contributed by atoms with Crippen LogP contribution in [0.5, 0.6) is 0 Å². The molecule has 0 bridgehead atoms. The lowest BCUT2D eigenvalue weighted by Crippen LogP contribution is -2.36. The summed E-state index contributed by atoms with van der Waals surface area (Å²) in [6, 6.07) is 7.32. The highest BCUT2D eigenvalue weighted by molar-refractivity contribution is 7.99. The molecule has 0 saturated carbocycles. The van der Waals surface area contributed by atoms with E-state index in [1.54, 1.807) is 6.07 Å². The fourth-order valence-electron chi connectivity index (χ4n) is 2.51. The van der Waals surface area contributed by atoms with Crippen molar-refractivity contribution in [3.05, 3.63) is 35.0 Å². The molecule has 1 amide bonds. The number of aromatic nitrogens is 2. The number of ether oxygens (including phenoxy) is 1. The number of benzene rings is 1. The number of hydrogen-bond donors (Lipinski definition) is 2. The highest BCUT2D eigenvalue weighted by atomic mass is 35.5. The van der Waals surface area contributed by atoms with Gasteiger partial charge in [-0.25, -0.2) is 9.97 Å². The summed E-state index contributed by atoms with van der Waals surface area (Å²) >= 11 is 7.50. The number of carbonyl (C=O) groups is 1. The number of halogens is 1. The Morgan fingerprint density at radius 1 is 1.44 bits per heavy atom. The first kappa shape index (κ1) is 19.2. The molecule has 3 N–H and O–H groups in total. The van der Waals surface area contributed by atoms with Crippen LogP contribution in [0.3, 0.4) is 0 Å². The third-order valence-corrected chi connectivity index (χ3v) is 5.00. The summed E-state index contributed by atoms with van der Waals surface area (Å²) in [6.45, 7) is 2.92. The van der Waals surface area contributed by atoms with Gasteiger partial charge >= 0.3 is 0 Å². The molecular weight excluding hydrogens is 388 g/mol. The molecule has 10 heteroatoms. The van der Waals surface area contributed by atoms with Crippen molar-refractivity contribution in [3.63, 3.8) is 0 Å². The second kappa shape index (κ2) is 8.90. The van der Waals surface area contributed by atoms with E-state index in [1.807, 2.05) is 18.2 Å². The minimum atomic E-state index is -0.221. The van der Waals surface area contributed by atoms with E-state index in [4.69, 9.17) is 27.3 Å². The smallest absolute Gasteiger partial charge is 0.234 e. The van der Waals surface area contributed by atoms with Gasteiger partial charge in [0, 0.05) is 18.8 Å². The van der Waals surface area contributed by atoms with Crippen LogP contribution in [0.25, 0.3) is 0 Å². The summed E-state index contributed by atoms with van der Waals surface area (Å²) in [5, 5.41) is 12.5. The lowest BCUT2D eigenvalue weighted by molar-refractivity contribution is -0.113. The Kier molecular flexibility index (Phi) is 6.34. The molecule has 0 atom stereocenters. The number of anilines is 3. The first-order chi connectivity index (χ1) is 13.1. The van der Waals surface area contributed by atoms with Gasteiger partial charge < -0.3 is 20.7 Å². The summed E-state index contributed by atoms with van der Waals surface area (Å²) in [7, 11) is 0. The number of carbonyl (C=O) groups excluding carboxylic acids is 1. The van der Waals surface area contributed by atoms with Crippen LogP contribution in [0, 0.1) is 11.3 Å². The third kappa shape index (κ3) is 5.01. The minimum absolute atomic E-state index is 0.0980. The number of morpholine rings is 1. The molecule has 140 valence electrons. The maximum absolute atomic E-state index is 12.2. The quantitative estimate of drug-likeness (QED) is 0.575. The molecule has 1 aromatic heterocycles. The number of nitrogens with zero attached hydrogens (tertiary/aromatic N) is 4. The van der Waals surface area contributed by atoms with E-state index in [2.05, 4.69) is 20.2 Å². The molecule has 0 radical (unpaired) electrons. The van der Waals surface area contributed by atoms with Gasteiger partial charge in [-0.05, 0) is 18.2 Å². The Balaban J connectivity index is 1.57. The van der Waals surface area contributed by atoms with Gasteiger partial charge in [-0.1, -0.05) is 23.4 Å². The van der Waals surface area contributed by atoms with E-state index in [9.17, 15) is 4.79 Å². The van der Waals surface area contributed by atoms with Gasteiger partial charge in [-0.2, -0.15) is 5.26 Å². The average molecular weight is 405 g/mol. The van der Waals surface area contributed by atoms with Gasteiger partial charge in [-0.15, -0.1) is 0 Å². The van der Waals surface area contributed by atoms with Gasteiger partial charge in [0.05, 0.1) is 35.9 Å². The number of nitrogens with one attached hydrogen (secondary N) is 1. The molecule has 1 aliphatic rings. The summed E-state index contributed by atoms with van der Waals surface area (Å²) in [6.07, 6.45) is 1.34. The van der Waals surface area contributed by atoms with Gasteiger partial charge in [-0.3, -0.25) is 4.79 Å². The van der Waals surface area contributed by atoms with Crippen LogP contribution in [0.4, 0.5) is 17.2 Å². The van der Waals surface area contributed by atoms with Crippen molar-refractivity contribution in [2.75, 3.05) is 48.0 Å². The highest BCUT2D eigenvalue weighted by Crippen LogP contribution is 2.29. The van der Waals surface area contributed by atoms with Gasteiger partial charge in [0.15, 0.2) is 5.16 Å². The second-order valence-electron chi connectivity index (χ2n) is 5.67. The molecule has 3 rings (SSSR count). The maximum Gasteiger partial charge on any atom is 0.234 e. The largest absolute Gasteiger partial charge is 0.382 e. The third-order valence-electron chi connectivity index (χ3n) is 3.83. The van der Waals surface area contributed by atoms with Crippen molar-refractivity contribution in [2.45, 2.75) is 5.16 Å². The summed E-state index contributed by atoms with van der Waals surface area (Å²) in [5.41, 5.74) is 7.39. The SMILES string of the molecule is N#Cc1cnc(SCC(=O)Nc2ccc(N3CCOCC3)c(Cl)c2)nc1N. The molecule has 2 heterocycles. The predicted molar refractivity (Wildman–Crippen MR) is 105 cm³/mol. The van der Waals surface area contributed by atoms with Gasteiger partial charge in [0.25, 0.3) is 0 Å². The number of hydrogen-bond acceptors (Lipinski definition) is 8. The lowest BCUT2D eigenvalue weighted by atomic mass is 10.2. The fourth-order valence-corrected chi connectivity index (χ4v) is 3.43. The fraction of sp³-hybridized carbons (Fsp3) is 0.294. The maximum atomic E-state index is 12.2. The number of nitrogens with two attached hydrogens (primary N) is 1. The van der Waals surface area contributed by atoms with Crippen LogP contribution >= 0.6 is 23.4 Å². The molecule has 1 aromatic carbocycles. The van der Waals surface area contributed by atoms with Crippen LogP contribution in [0.15, 0.2) is 29.6 Å².